The van der Waals surface area contributed by atoms with Crippen LogP contribution in [0.1, 0.15) is 50.2 Å². The van der Waals surface area contributed by atoms with Gasteiger partial charge in [-0.25, -0.2) is 4.99 Å². The number of amides is 1. The lowest BCUT2D eigenvalue weighted by atomic mass is 10.1. The first kappa shape index (κ1) is 23.8. The number of likely N-dealkylation sites (tertiary alicyclic amines) is 1. The van der Waals surface area contributed by atoms with Gasteiger partial charge in [0.15, 0.2) is 5.96 Å². The van der Waals surface area contributed by atoms with Crippen molar-refractivity contribution >= 4 is 35.8 Å². The van der Waals surface area contributed by atoms with Gasteiger partial charge in [0.1, 0.15) is 5.75 Å². The largest absolute Gasteiger partial charge is 0.496 e. The van der Waals surface area contributed by atoms with E-state index in [1.165, 1.54) is 12.8 Å². The fourth-order valence-corrected chi connectivity index (χ4v) is 4.23. The number of carbonyl (C=O) groups is 1. The lowest BCUT2D eigenvalue weighted by molar-refractivity contribution is -0.134. The van der Waals surface area contributed by atoms with Crippen LogP contribution in [0, 0.1) is 12.8 Å². The SMILES string of the molecule is CCNC(=NCc1ccc(OC)c(C)c1)NC1CCN(C(=O)C2CCCC2)C1.I. The summed E-state index contributed by atoms with van der Waals surface area (Å²) in [6.07, 6.45) is 5.52. The van der Waals surface area contributed by atoms with Crippen LogP contribution in [0.25, 0.3) is 0 Å². The predicted molar refractivity (Wildman–Crippen MR) is 128 cm³/mol. The summed E-state index contributed by atoms with van der Waals surface area (Å²) in [6.45, 7) is 7.16. The smallest absolute Gasteiger partial charge is 0.225 e. The number of halogens is 1. The van der Waals surface area contributed by atoms with Gasteiger partial charge in [-0.1, -0.05) is 25.0 Å². The van der Waals surface area contributed by atoms with E-state index in [-0.39, 0.29) is 35.9 Å². The molecule has 1 aromatic rings. The first-order valence-electron chi connectivity index (χ1n) is 10.6. The Labute approximate surface area is 191 Å². The number of methoxy groups -OCH3 is 1. The van der Waals surface area contributed by atoms with Crippen molar-refractivity contribution in [3.8, 4) is 5.75 Å². The number of hydrogen-bond donors (Lipinski definition) is 2. The second-order valence-electron chi connectivity index (χ2n) is 7.89. The Morgan fingerprint density at radius 2 is 2.03 bits per heavy atom. The van der Waals surface area contributed by atoms with Gasteiger partial charge in [-0.3, -0.25) is 4.79 Å². The fourth-order valence-electron chi connectivity index (χ4n) is 4.23. The topological polar surface area (TPSA) is 66.0 Å². The van der Waals surface area contributed by atoms with E-state index < -0.39 is 0 Å². The van der Waals surface area contributed by atoms with Crippen LogP contribution in [0.3, 0.4) is 0 Å². The van der Waals surface area contributed by atoms with Crippen molar-refractivity contribution in [2.24, 2.45) is 10.9 Å². The van der Waals surface area contributed by atoms with Crippen molar-refractivity contribution in [2.45, 2.75) is 58.5 Å². The fraction of sp³-hybridized carbons (Fsp3) is 0.636. The van der Waals surface area contributed by atoms with E-state index in [0.717, 1.165) is 61.7 Å². The molecular formula is C22H35IN4O2. The van der Waals surface area contributed by atoms with Gasteiger partial charge >= 0.3 is 0 Å². The van der Waals surface area contributed by atoms with Gasteiger partial charge in [-0.15, -0.1) is 24.0 Å². The highest BCUT2D eigenvalue weighted by molar-refractivity contribution is 14.0. The van der Waals surface area contributed by atoms with E-state index >= 15 is 0 Å². The predicted octanol–water partition coefficient (Wildman–Crippen LogP) is 3.47. The molecule has 1 aliphatic carbocycles. The molecular weight excluding hydrogens is 479 g/mol. The van der Waals surface area contributed by atoms with Crippen LogP contribution < -0.4 is 15.4 Å². The monoisotopic (exact) mass is 514 g/mol. The molecule has 1 unspecified atom stereocenters. The normalized spacial score (nSPS) is 19.8. The second kappa shape index (κ2) is 11.6. The minimum atomic E-state index is 0. The van der Waals surface area contributed by atoms with Crippen LogP contribution in [0.5, 0.6) is 5.75 Å². The van der Waals surface area contributed by atoms with E-state index in [1.54, 1.807) is 7.11 Å². The molecule has 0 bridgehead atoms. The maximum absolute atomic E-state index is 12.6. The molecule has 0 radical (unpaired) electrons. The average molecular weight is 514 g/mol. The molecule has 7 heteroatoms. The van der Waals surface area contributed by atoms with Gasteiger partial charge in [0.2, 0.25) is 5.91 Å². The highest BCUT2D eigenvalue weighted by Crippen LogP contribution is 2.27. The first-order valence-corrected chi connectivity index (χ1v) is 10.6. The number of rotatable bonds is 6. The molecule has 2 fully saturated rings. The van der Waals surface area contributed by atoms with Gasteiger partial charge < -0.3 is 20.3 Å². The second-order valence-corrected chi connectivity index (χ2v) is 7.89. The number of guanidine groups is 1. The third kappa shape index (κ3) is 6.49. The van der Waals surface area contributed by atoms with Crippen LogP contribution in [0.4, 0.5) is 0 Å². The number of aryl methyl sites for hydroxylation is 1. The number of benzene rings is 1. The molecule has 2 N–H and O–H groups in total. The molecule has 1 aromatic carbocycles. The van der Waals surface area contributed by atoms with Crippen molar-refractivity contribution in [1.82, 2.24) is 15.5 Å². The Balaban J connectivity index is 0.00000300. The van der Waals surface area contributed by atoms with Gasteiger partial charge in [0, 0.05) is 31.6 Å². The zero-order valence-corrected chi connectivity index (χ0v) is 20.2. The summed E-state index contributed by atoms with van der Waals surface area (Å²) in [5.41, 5.74) is 2.27. The number of ether oxygens (including phenoxy) is 1. The minimum absolute atomic E-state index is 0. The zero-order chi connectivity index (χ0) is 19.9. The summed E-state index contributed by atoms with van der Waals surface area (Å²) in [4.78, 5) is 19.4. The first-order chi connectivity index (χ1) is 13.6. The quantitative estimate of drug-likeness (QED) is 0.347. The van der Waals surface area contributed by atoms with Crippen molar-refractivity contribution in [2.75, 3.05) is 26.7 Å². The summed E-state index contributed by atoms with van der Waals surface area (Å²) < 4.78 is 5.33. The van der Waals surface area contributed by atoms with E-state index in [2.05, 4.69) is 29.7 Å². The maximum atomic E-state index is 12.6. The summed E-state index contributed by atoms with van der Waals surface area (Å²) in [5.74, 6) is 2.34. The molecule has 1 saturated heterocycles. The molecule has 29 heavy (non-hydrogen) atoms. The van der Waals surface area contributed by atoms with E-state index in [4.69, 9.17) is 9.73 Å². The Hall–Kier alpha value is -1.51. The summed E-state index contributed by atoms with van der Waals surface area (Å²) in [6, 6.07) is 6.42. The van der Waals surface area contributed by atoms with Crippen LogP contribution in [0.15, 0.2) is 23.2 Å². The molecule has 6 nitrogen and oxygen atoms in total. The summed E-state index contributed by atoms with van der Waals surface area (Å²) >= 11 is 0. The molecule has 1 aliphatic heterocycles. The molecule has 0 spiro atoms. The van der Waals surface area contributed by atoms with Gasteiger partial charge in [-0.2, -0.15) is 0 Å². The Bertz CT molecular complexity index is 704. The summed E-state index contributed by atoms with van der Waals surface area (Å²) in [7, 11) is 1.69. The van der Waals surface area contributed by atoms with E-state index in [0.29, 0.717) is 12.5 Å². The maximum Gasteiger partial charge on any atom is 0.225 e. The van der Waals surface area contributed by atoms with Crippen LogP contribution >= 0.6 is 24.0 Å². The van der Waals surface area contributed by atoms with Crippen molar-refractivity contribution in [1.29, 1.82) is 0 Å². The number of nitrogens with one attached hydrogen (secondary N) is 2. The van der Waals surface area contributed by atoms with Crippen LogP contribution in [-0.2, 0) is 11.3 Å². The molecule has 1 heterocycles. The third-order valence-corrected chi connectivity index (χ3v) is 5.77. The van der Waals surface area contributed by atoms with Crippen molar-refractivity contribution < 1.29 is 9.53 Å². The van der Waals surface area contributed by atoms with Gasteiger partial charge in [-0.05, 0) is 50.3 Å². The molecule has 1 saturated carbocycles. The zero-order valence-electron chi connectivity index (χ0n) is 17.9. The number of nitrogens with zero attached hydrogens (tertiary/aromatic N) is 2. The minimum Gasteiger partial charge on any atom is -0.496 e. The average Bonchev–Trinajstić information content (AvgIpc) is 3.38. The Morgan fingerprint density at radius 3 is 2.69 bits per heavy atom. The summed E-state index contributed by atoms with van der Waals surface area (Å²) in [5, 5.41) is 6.85. The number of aliphatic imine (C=N–C) groups is 1. The lowest BCUT2D eigenvalue weighted by Crippen LogP contribution is -2.45. The van der Waals surface area contributed by atoms with Crippen molar-refractivity contribution in [3.63, 3.8) is 0 Å². The lowest BCUT2D eigenvalue weighted by Gasteiger charge is -2.21. The standard InChI is InChI=1S/C22H34N4O2.HI/c1-4-23-22(24-14-17-9-10-20(28-3)16(2)13-17)25-19-11-12-26(15-19)21(27)18-7-5-6-8-18;/h9-10,13,18-19H,4-8,11-12,14-15H2,1-3H3,(H2,23,24,25);1H. The highest BCUT2D eigenvalue weighted by atomic mass is 127. The van der Waals surface area contributed by atoms with E-state index in [9.17, 15) is 4.79 Å². The molecule has 1 amide bonds. The van der Waals surface area contributed by atoms with Gasteiger partial charge in [0.05, 0.1) is 13.7 Å². The van der Waals surface area contributed by atoms with E-state index in [1.807, 2.05) is 17.9 Å². The van der Waals surface area contributed by atoms with Gasteiger partial charge in [0.25, 0.3) is 0 Å². The highest BCUT2D eigenvalue weighted by Gasteiger charge is 2.32. The van der Waals surface area contributed by atoms with Crippen molar-refractivity contribution in [3.05, 3.63) is 29.3 Å². The molecule has 162 valence electrons. The Kier molecular flexibility index (Phi) is 9.52. The number of hydrogen-bond acceptors (Lipinski definition) is 3. The van der Waals surface area contributed by atoms with Crippen LogP contribution in [-0.4, -0.2) is 49.6 Å². The third-order valence-electron chi connectivity index (χ3n) is 5.77. The molecule has 0 aromatic heterocycles. The molecule has 1 atom stereocenters. The van der Waals surface area contributed by atoms with Crippen LogP contribution in [0.2, 0.25) is 0 Å². The Morgan fingerprint density at radius 1 is 1.28 bits per heavy atom. The molecule has 2 aliphatic rings. The molecule has 3 rings (SSSR count). The number of carbonyl (C=O) groups excluding carboxylic acids is 1.